The summed E-state index contributed by atoms with van der Waals surface area (Å²) in [7, 11) is 0. The van der Waals surface area contributed by atoms with Gasteiger partial charge in [0.2, 0.25) is 0 Å². The molecule has 33 heavy (non-hydrogen) atoms. The van der Waals surface area contributed by atoms with E-state index >= 15 is 0 Å². The Morgan fingerprint density at radius 1 is 1.18 bits per heavy atom. The second-order valence-electron chi connectivity index (χ2n) is 7.95. The number of aromatic nitrogens is 1. The largest absolute Gasteiger partial charge is 0.491 e. The highest BCUT2D eigenvalue weighted by molar-refractivity contribution is 6.33. The summed E-state index contributed by atoms with van der Waals surface area (Å²) in [6.45, 7) is 6.19. The van der Waals surface area contributed by atoms with Gasteiger partial charge in [0.1, 0.15) is 18.5 Å². The van der Waals surface area contributed by atoms with Gasteiger partial charge in [-0.15, -0.1) is 0 Å². The Kier molecular flexibility index (Phi) is 9.75. The number of hydrogen-bond acceptors (Lipinski definition) is 8. The average molecular weight is 478 g/mol. The van der Waals surface area contributed by atoms with Crippen molar-refractivity contribution in [3.63, 3.8) is 0 Å². The minimum absolute atomic E-state index is 0.0432. The zero-order chi connectivity index (χ0) is 23.6. The molecule has 180 valence electrons. The van der Waals surface area contributed by atoms with E-state index in [0.717, 1.165) is 44.7 Å². The first-order valence-corrected chi connectivity index (χ1v) is 11.7. The van der Waals surface area contributed by atoms with E-state index in [1.54, 1.807) is 18.2 Å². The van der Waals surface area contributed by atoms with E-state index in [4.69, 9.17) is 26.2 Å². The van der Waals surface area contributed by atoms with Gasteiger partial charge >= 0.3 is 5.97 Å². The smallest absolute Gasteiger partial charge is 0.339 e. The molecule has 1 aliphatic heterocycles. The van der Waals surface area contributed by atoms with Gasteiger partial charge in [-0.3, -0.25) is 9.88 Å². The third-order valence-corrected chi connectivity index (χ3v) is 5.82. The van der Waals surface area contributed by atoms with Crippen molar-refractivity contribution in [3.8, 4) is 5.75 Å². The van der Waals surface area contributed by atoms with E-state index in [1.807, 2.05) is 19.1 Å². The Labute approximate surface area is 199 Å². The summed E-state index contributed by atoms with van der Waals surface area (Å²) in [6, 6.07) is 8.86. The van der Waals surface area contributed by atoms with Crippen molar-refractivity contribution in [2.45, 2.75) is 25.9 Å². The number of anilines is 1. The molecule has 3 rings (SSSR count). The van der Waals surface area contributed by atoms with Gasteiger partial charge in [-0.25, -0.2) is 4.79 Å². The van der Waals surface area contributed by atoms with Crippen LogP contribution in [0.15, 0.2) is 36.5 Å². The molecule has 0 aliphatic carbocycles. The van der Waals surface area contributed by atoms with Gasteiger partial charge in [-0.1, -0.05) is 24.9 Å². The normalized spacial score (nSPS) is 15.3. The number of ether oxygens (including phenoxy) is 2. The zero-order valence-corrected chi connectivity index (χ0v) is 19.7. The molecule has 2 N–H and O–H groups in total. The monoisotopic (exact) mass is 477 g/mol. The SMILES string of the molecule is CCCCOC(=O)c1ccc(C(O)CN2CCN(c3ccc(OCCO)cc3Cl)CC2)nc1. The maximum Gasteiger partial charge on any atom is 0.339 e. The predicted octanol–water partition coefficient (Wildman–Crippen LogP) is 2.92. The average Bonchev–Trinajstić information content (AvgIpc) is 2.83. The lowest BCUT2D eigenvalue weighted by Crippen LogP contribution is -2.47. The Balaban J connectivity index is 1.48. The van der Waals surface area contributed by atoms with E-state index in [9.17, 15) is 9.90 Å². The molecule has 8 nitrogen and oxygen atoms in total. The lowest BCUT2D eigenvalue weighted by molar-refractivity contribution is 0.0498. The number of unbranched alkanes of at least 4 members (excludes halogenated alkanes) is 1. The van der Waals surface area contributed by atoms with Crippen LogP contribution in [0, 0.1) is 0 Å². The number of piperazine rings is 1. The van der Waals surface area contributed by atoms with E-state index in [1.165, 1.54) is 6.20 Å². The molecule has 1 aromatic carbocycles. The summed E-state index contributed by atoms with van der Waals surface area (Å²) in [4.78, 5) is 20.6. The molecule has 1 saturated heterocycles. The maximum absolute atomic E-state index is 12.0. The Hall–Kier alpha value is -2.39. The third-order valence-electron chi connectivity index (χ3n) is 5.52. The Morgan fingerprint density at radius 2 is 1.97 bits per heavy atom. The number of nitrogens with zero attached hydrogens (tertiary/aromatic N) is 3. The first-order valence-electron chi connectivity index (χ1n) is 11.3. The summed E-state index contributed by atoms with van der Waals surface area (Å²) >= 11 is 6.43. The Bertz CT molecular complexity index is 888. The summed E-state index contributed by atoms with van der Waals surface area (Å²) < 4.78 is 10.6. The van der Waals surface area contributed by atoms with Crippen molar-refractivity contribution < 1.29 is 24.5 Å². The number of benzene rings is 1. The topological polar surface area (TPSA) is 95.4 Å². The van der Waals surface area contributed by atoms with Crippen molar-refractivity contribution in [3.05, 3.63) is 52.8 Å². The lowest BCUT2D eigenvalue weighted by Gasteiger charge is -2.37. The minimum Gasteiger partial charge on any atom is -0.491 e. The molecule has 0 amide bonds. The van der Waals surface area contributed by atoms with Crippen LogP contribution < -0.4 is 9.64 Å². The van der Waals surface area contributed by atoms with Crippen LogP contribution in [-0.4, -0.2) is 78.6 Å². The molecule has 1 fully saturated rings. The van der Waals surface area contributed by atoms with Gasteiger partial charge in [-0.2, -0.15) is 0 Å². The van der Waals surface area contributed by atoms with E-state index in [-0.39, 0.29) is 19.2 Å². The van der Waals surface area contributed by atoms with Crippen LogP contribution >= 0.6 is 11.6 Å². The number of aliphatic hydroxyl groups excluding tert-OH is 2. The van der Waals surface area contributed by atoms with Crippen LogP contribution in [0.4, 0.5) is 5.69 Å². The van der Waals surface area contributed by atoms with Crippen LogP contribution in [0.3, 0.4) is 0 Å². The fraction of sp³-hybridized carbons (Fsp3) is 0.500. The number of β-amino-alcohol motifs (C(OH)–C–C–N with tert-alkyl or cyclic N) is 1. The predicted molar refractivity (Wildman–Crippen MR) is 127 cm³/mol. The maximum atomic E-state index is 12.0. The van der Waals surface area contributed by atoms with Gasteiger partial charge in [0.05, 0.1) is 35.2 Å². The first-order chi connectivity index (χ1) is 16.0. The molecule has 0 bridgehead atoms. The molecule has 1 atom stereocenters. The quantitative estimate of drug-likeness (QED) is 0.377. The van der Waals surface area contributed by atoms with Crippen molar-refractivity contribution in [2.24, 2.45) is 0 Å². The number of pyridine rings is 1. The second-order valence-corrected chi connectivity index (χ2v) is 8.36. The van der Waals surface area contributed by atoms with Gasteiger partial charge in [0, 0.05) is 45.0 Å². The lowest BCUT2D eigenvalue weighted by atomic mass is 10.1. The van der Waals surface area contributed by atoms with E-state index < -0.39 is 6.10 Å². The van der Waals surface area contributed by atoms with Crippen LogP contribution in [0.5, 0.6) is 5.75 Å². The van der Waals surface area contributed by atoms with Crippen molar-refractivity contribution >= 4 is 23.3 Å². The molecule has 2 aromatic rings. The molecule has 0 radical (unpaired) electrons. The molecular formula is C24H32ClN3O5. The number of hydrogen-bond donors (Lipinski definition) is 2. The summed E-state index contributed by atoms with van der Waals surface area (Å²) in [5.74, 6) is 0.243. The first kappa shape index (κ1) is 25.2. The van der Waals surface area contributed by atoms with E-state index in [0.29, 0.717) is 35.2 Å². The van der Waals surface area contributed by atoms with E-state index in [2.05, 4.69) is 14.8 Å². The minimum atomic E-state index is -0.742. The number of aliphatic hydroxyl groups is 2. The molecule has 9 heteroatoms. The van der Waals surface area contributed by atoms with Crippen LogP contribution in [-0.2, 0) is 4.74 Å². The number of rotatable bonds is 11. The van der Waals surface area contributed by atoms with Crippen molar-refractivity contribution in [2.75, 3.05) is 57.4 Å². The highest BCUT2D eigenvalue weighted by atomic mass is 35.5. The molecule has 1 unspecified atom stereocenters. The number of carbonyl (C=O) groups excluding carboxylic acids is 1. The number of carbonyl (C=O) groups is 1. The molecule has 0 spiro atoms. The van der Waals surface area contributed by atoms with Crippen LogP contribution in [0.2, 0.25) is 5.02 Å². The molecule has 1 aromatic heterocycles. The molecular weight excluding hydrogens is 446 g/mol. The number of esters is 1. The number of halogens is 1. The molecule has 1 aliphatic rings. The standard InChI is InChI=1S/C24H32ClN3O5/c1-2-3-13-33-24(31)18-4-6-21(26-16-18)23(30)17-27-8-10-28(11-9-27)22-7-5-19(15-20(22)25)32-14-12-29/h4-7,15-16,23,29-30H,2-3,8-14,17H2,1H3. The Morgan fingerprint density at radius 3 is 2.61 bits per heavy atom. The van der Waals surface area contributed by atoms with Crippen molar-refractivity contribution in [1.29, 1.82) is 0 Å². The molecule has 0 saturated carbocycles. The zero-order valence-electron chi connectivity index (χ0n) is 19.0. The summed E-state index contributed by atoms with van der Waals surface area (Å²) in [6.07, 6.45) is 2.51. The fourth-order valence-corrected chi connectivity index (χ4v) is 3.91. The highest BCUT2D eigenvalue weighted by Gasteiger charge is 2.22. The summed E-state index contributed by atoms with van der Waals surface area (Å²) in [5, 5.41) is 20.1. The van der Waals surface area contributed by atoms with Crippen LogP contribution in [0.1, 0.15) is 41.9 Å². The van der Waals surface area contributed by atoms with Gasteiger partial charge in [0.15, 0.2) is 0 Å². The van der Waals surface area contributed by atoms with Gasteiger partial charge in [-0.05, 0) is 30.7 Å². The summed E-state index contributed by atoms with van der Waals surface area (Å²) in [5.41, 5.74) is 1.86. The molecule has 2 heterocycles. The van der Waals surface area contributed by atoms with Gasteiger partial charge in [0.25, 0.3) is 0 Å². The third kappa shape index (κ3) is 7.30. The highest BCUT2D eigenvalue weighted by Crippen LogP contribution is 2.30. The fourth-order valence-electron chi connectivity index (χ4n) is 3.62. The van der Waals surface area contributed by atoms with Crippen LogP contribution in [0.25, 0.3) is 0 Å². The second kappa shape index (κ2) is 12.7. The van der Waals surface area contributed by atoms with Crippen molar-refractivity contribution in [1.82, 2.24) is 9.88 Å². The van der Waals surface area contributed by atoms with Gasteiger partial charge < -0.3 is 24.6 Å².